The number of aryl methyl sites for hydroxylation is 1. The highest BCUT2D eigenvalue weighted by molar-refractivity contribution is 6.07. The van der Waals surface area contributed by atoms with Gasteiger partial charge in [-0.3, -0.25) is 15.2 Å². The van der Waals surface area contributed by atoms with Crippen molar-refractivity contribution in [3.63, 3.8) is 0 Å². The van der Waals surface area contributed by atoms with Crippen LogP contribution in [0.1, 0.15) is 22.6 Å². The number of amidine groups is 1. The van der Waals surface area contributed by atoms with Gasteiger partial charge in [0, 0.05) is 51.5 Å². The van der Waals surface area contributed by atoms with Crippen LogP contribution in [0.4, 0.5) is 13.6 Å². The predicted octanol–water partition coefficient (Wildman–Crippen LogP) is 3.01. The van der Waals surface area contributed by atoms with Crippen LogP contribution in [0, 0.1) is 18.6 Å². The van der Waals surface area contributed by atoms with Gasteiger partial charge >= 0.3 is 6.03 Å². The number of halogens is 2. The molecule has 1 saturated heterocycles. The van der Waals surface area contributed by atoms with E-state index < -0.39 is 17.7 Å². The monoisotopic (exact) mass is 471 g/mol. The maximum atomic E-state index is 13.9. The van der Waals surface area contributed by atoms with E-state index in [2.05, 4.69) is 20.5 Å². The lowest BCUT2D eigenvalue weighted by Crippen LogP contribution is -2.47. The molecule has 7 nitrogen and oxygen atoms in total. The van der Waals surface area contributed by atoms with Gasteiger partial charge in [-0.25, -0.2) is 13.6 Å². The Hall–Kier alpha value is -3.30. The van der Waals surface area contributed by atoms with E-state index in [-0.39, 0.29) is 12.0 Å². The lowest BCUT2D eigenvalue weighted by molar-refractivity contribution is 0.159. The molecule has 182 valence electrons. The largest absolute Gasteiger partial charge is 0.398 e. The van der Waals surface area contributed by atoms with E-state index in [1.54, 1.807) is 26.3 Å². The highest BCUT2D eigenvalue weighted by Gasteiger charge is 2.35. The molecule has 0 saturated carbocycles. The van der Waals surface area contributed by atoms with Crippen LogP contribution in [0.2, 0.25) is 0 Å². The Kier molecular flexibility index (Phi) is 8.72. The number of ether oxygens (including phenoxy) is 1. The van der Waals surface area contributed by atoms with E-state index in [0.717, 1.165) is 17.2 Å². The number of methoxy groups -OCH3 is 1. The number of carbonyl (C=O) groups is 1. The number of carbonyl (C=O) groups excluding carboxylic acids is 1. The Morgan fingerprint density at radius 2 is 1.94 bits per heavy atom. The van der Waals surface area contributed by atoms with Gasteiger partial charge in [0.05, 0.1) is 12.6 Å². The van der Waals surface area contributed by atoms with Crippen LogP contribution in [0.3, 0.4) is 0 Å². The average molecular weight is 472 g/mol. The zero-order chi connectivity index (χ0) is 24.7. The van der Waals surface area contributed by atoms with Crippen molar-refractivity contribution in [1.82, 2.24) is 15.5 Å². The summed E-state index contributed by atoms with van der Waals surface area (Å²) in [6.07, 6.45) is 1.59. The van der Waals surface area contributed by atoms with Gasteiger partial charge in [-0.1, -0.05) is 35.9 Å². The molecule has 0 aromatic heterocycles. The summed E-state index contributed by atoms with van der Waals surface area (Å²) in [5.74, 6) is -1.72. The Balaban J connectivity index is 1.71. The second kappa shape index (κ2) is 11.7. The number of nitrogens with one attached hydrogen (secondary N) is 2. The van der Waals surface area contributed by atoms with Crippen LogP contribution in [0.15, 0.2) is 53.5 Å². The first-order valence-corrected chi connectivity index (χ1v) is 11.1. The highest BCUT2D eigenvalue weighted by atomic mass is 19.2. The number of likely N-dealkylation sites (tertiary alicyclic amines) is 1. The summed E-state index contributed by atoms with van der Waals surface area (Å²) in [7, 11) is 3.17. The lowest BCUT2D eigenvalue weighted by atomic mass is 9.94. The molecular formula is C25H31F2N5O2. The summed E-state index contributed by atoms with van der Waals surface area (Å²) in [6.45, 7) is 4.30. The smallest absolute Gasteiger partial charge is 0.320 e. The molecule has 0 radical (unpaired) electrons. The first kappa shape index (κ1) is 25.3. The fraction of sp³-hybridized carbons (Fsp3) is 0.360. The minimum atomic E-state index is -0.909. The molecule has 1 aliphatic rings. The zero-order valence-corrected chi connectivity index (χ0v) is 19.6. The van der Waals surface area contributed by atoms with E-state index in [4.69, 9.17) is 10.5 Å². The molecule has 2 atom stereocenters. The fourth-order valence-corrected chi connectivity index (χ4v) is 3.97. The van der Waals surface area contributed by atoms with Gasteiger partial charge in [0.1, 0.15) is 5.84 Å². The number of nitrogens with two attached hydrogens (primary N) is 1. The standard InChI is InChI=1S/C25H31F2N5O2/c1-16-4-6-17(7-5-16)22(28)13-24(29-2)31-25(33)30-23-15-32(10-11-34-3)14-19(23)18-8-9-20(26)21(27)12-18/h4-9,12-13,19,23H,10-11,14-15,28H2,1-3H3,(H2,29,30,31,33)/t19-,23+/m0/s1. The van der Waals surface area contributed by atoms with E-state index in [9.17, 15) is 13.6 Å². The van der Waals surface area contributed by atoms with E-state index in [1.807, 2.05) is 31.2 Å². The molecule has 0 bridgehead atoms. The van der Waals surface area contributed by atoms with Gasteiger partial charge in [0.2, 0.25) is 0 Å². The van der Waals surface area contributed by atoms with Gasteiger partial charge in [-0.05, 0) is 30.2 Å². The SMILES string of the molecule is CN=C(C=C(N)c1ccc(C)cc1)NC(=O)N[C@@H]1CN(CCOC)C[C@H]1c1ccc(F)c(F)c1. The van der Waals surface area contributed by atoms with Crippen molar-refractivity contribution in [1.29, 1.82) is 0 Å². The molecule has 1 heterocycles. The van der Waals surface area contributed by atoms with Crippen molar-refractivity contribution >= 4 is 17.6 Å². The third kappa shape index (κ3) is 6.61. The molecule has 2 aromatic rings. The predicted molar refractivity (Wildman–Crippen MR) is 130 cm³/mol. The summed E-state index contributed by atoms with van der Waals surface area (Å²) in [6, 6.07) is 10.8. The van der Waals surface area contributed by atoms with Crippen LogP contribution >= 0.6 is 0 Å². The molecule has 1 fully saturated rings. The molecule has 0 unspecified atom stereocenters. The van der Waals surface area contributed by atoms with Gasteiger partial charge in [0.15, 0.2) is 11.6 Å². The zero-order valence-electron chi connectivity index (χ0n) is 19.6. The lowest BCUT2D eigenvalue weighted by Gasteiger charge is -2.21. The summed E-state index contributed by atoms with van der Waals surface area (Å²) in [5.41, 5.74) is 9.19. The number of rotatable bonds is 7. The molecule has 2 aromatic carbocycles. The van der Waals surface area contributed by atoms with E-state index >= 15 is 0 Å². The number of hydrogen-bond acceptors (Lipinski definition) is 5. The molecule has 0 aliphatic carbocycles. The number of nitrogens with zero attached hydrogens (tertiary/aromatic N) is 2. The van der Waals surface area contributed by atoms with Crippen LogP contribution in [0.5, 0.6) is 0 Å². The maximum absolute atomic E-state index is 13.9. The number of hydrogen-bond donors (Lipinski definition) is 3. The molecular weight excluding hydrogens is 440 g/mol. The minimum absolute atomic E-state index is 0.215. The average Bonchev–Trinajstić information content (AvgIpc) is 3.21. The van der Waals surface area contributed by atoms with Crippen molar-refractivity contribution in [3.8, 4) is 0 Å². The highest BCUT2D eigenvalue weighted by Crippen LogP contribution is 2.28. The topological polar surface area (TPSA) is 92.0 Å². The normalized spacial score (nSPS) is 19.3. The number of urea groups is 1. The molecule has 0 spiro atoms. The quantitative estimate of drug-likeness (QED) is 0.428. The fourth-order valence-electron chi connectivity index (χ4n) is 3.97. The summed E-state index contributed by atoms with van der Waals surface area (Å²) < 4.78 is 32.5. The van der Waals surface area contributed by atoms with Crippen molar-refractivity contribution in [2.24, 2.45) is 10.7 Å². The van der Waals surface area contributed by atoms with Crippen molar-refractivity contribution < 1.29 is 18.3 Å². The summed E-state index contributed by atoms with van der Waals surface area (Å²) in [4.78, 5) is 19.0. The van der Waals surface area contributed by atoms with Crippen LogP contribution in [-0.2, 0) is 4.74 Å². The molecule has 9 heteroatoms. The van der Waals surface area contributed by atoms with Gasteiger partial charge in [-0.15, -0.1) is 0 Å². The molecule has 4 N–H and O–H groups in total. The molecule has 2 amide bonds. The molecule has 34 heavy (non-hydrogen) atoms. The van der Waals surface area contributed by atoms with E-state index in [1.165, 1.54) is 6.07 Å². The van der Waals surface area contributed by atoms with Gasteiger partial charge < -0.3 is 15.8 Å². The summed E-state index contributed by atoms with van der Waals surface area (Å²) >= 11 is 0. The van der Waals surface area contributed by atoms with Gasteiger partial charge in [-0.2, -0.15) is 0 Å². The Bertz CT molecular complexity index is 1060. The first-order valence-electron chi connectivity index (χ1n) is 11.1. The number of amides is 2. The Labute approximate surface area is 198 Å². The van der Waals surface area contributed by atoms with Gasteiger partial charge in [0.25, 0.3) is 0 Å². The Morgan fingerprint density at radius 3 is 2.59 bits per heavy atom. The van der Waals surface area contributed by atoms with E-state index in [0.29, 0.717) is 43.3 Å². The van der Waals surface area contributed by atoms with Crippen LogP contribution < -0.4 is 16.4 Å². The number of benzene rings is 2. The second-order valence-electron chi connectivity index (χ2n) is 8.31. The maximum Gasteiger partial charge on any atom is 0.320 e. The third-order valence-corrected chi connectivity index (χ3v) is 5.86. The number of aliphatic imine (C=N–C) groups is 1. The second-order valence-corrected chi connectivity index (χ2v) is 8.31. The van der Waals surface area contributed by atoms with Crippen molar-refractivity contribution in [2.45, 2.75) is 18.9 Å². The van der Waals surface area contributed by atoms with Crippen molar-refractivity contribution in [2.75, 3.05) is 40.4 Å². The van der Waals surface area contributed by atoms with Crippen molar-refractivity contribution in [3.05, 3.63) is 76.9 Å². The summed E-state index contributed by atoms with van der Waals surface area (Å²) in [5, 5.41) is 5.68. The third-order valence-electron chi connectivity index (χ3n) is 5.86. The molecule has 3 rings (SSSR count). The van der Waals surface area contributed by atoms with Crippen LogP contribution in [-0.4, -0.2) is 63.2 Å². The minimum Gasteiger partial charge on any atom is -0.398 e. The Morgan fingerprint density at radius 1 is 1.21 bits per heavy atom. The first-order chi connectivity index (χ1) is 16.3. The molecule has 1 aliphatic heterocycles. The van der Waals surface area contributed by atoms with Crippen LogP contribution in [0.25, 0.3) is 5.70 Å².